The first-order valence-electron chi connectivity index (χ1n) is 9.49. The van der Waals surface area contributed by atoms with E-state index < -0.39 is 0 Å². The Hall–Kier alpha value is -2.81. The van der Waals surface area contributed by atoms with Crippen molar-refractivity contribution in [2.75, 3.05) is 6.61 Å². The van der Waals surface area contributed by atoms with E-state index in [0.29, 0.717) is 36.4 Å². The van der Waals surface area contributed by atoms with Crippen LogP contribution in [0.15, 0.2) is 46.6 Å². The maximum Gasteiger partial charge on any atom is 0.239 e. The molecule has 0 radical (unpaired) electrons. The van der Waals surface area contributed by atoms with Crippen molar-refractivity contribution in [1.82, 2.24) is 24.9 Å². The van der Waals surface area contributed by atoms with Crippen LogP contribution in [0.5, 0.6) is 11.5 Å². The van der Waals surface area contributed by atoms with Crippen LogP contribution in [0.3, 0.4) is 0 Å². The largest absolute Gasteiger partial charge is 0.485 e. The molecule has 1 aliphatic heterocycles. The summed E-state index contributed by atoms with van der Waals surface area (Å²) >= 11 is 1.51. The summed E-state index contributed by atoms with van der Waals surface area (Å²) in [7, 11) is 0. The number of para-hydroxylation sites is 2. The molecule has 0 aliphatic carbocycles. The molecule has 2 atom stereocenters. The summed E-state index contributed by atoms with van der Waals surface area (Å²) in [4.78, 5) is 4.48. The van der Waals surface area contributed by atoms with E-state index in [9.17, 15) is 0 Å². The van der Waals surface area contributed by atoms with Crippen molar-refractivity contribution in [3.8, 4) is 11.5 Å². The number of ether oxygens (including phenoxy) is 2. The second kappa shape index (κ2) is 8.28. The van der Waals surface area contributed by atoms with Crippen LogP contribution in [-0.4, -0.2) is 31.5 Å². The Labute approximate surface area is 173 Å². The Kier molecular flexibility index (Phi) is 5.57. The van der Waals surface area contributed by atoms with Crippen LogP contribution in [0.2, 0.25) is 0 Å². The van der Waals surface area contributed by atoms with Crippen molar-refractivity contribution < 1.29 is 14.0 Å². The molecule has 1 aromatic carbocycles. The molecule has 0 saturated heterocycles. The predicted molar refractivity (Wildman–Crippen MR) is 108 cm³/mol. The average Bonchev–Trinajstić information content (AvgIpc) is 3.36. The lowest BCUT2D eigenvalue weighted by molar-refractivity contribution is 0.0821. The van der Waals surface area contributed by atoms with Gasteiger partial charge >= 0.3 is 0 Å². The van der Waals surface area contributed by atoms with Gasteiger partial charge in [0, 0.05) is 12.5 Å². The van der Waals surface area contributed by atoms with Gasteiger partial charge in [-0.25, -0.2) is 0 Å². The molecule has 0 bridgehead atoms. The van der Waals surface area contributed by atoms with Crippen LogP contribution in [0.25, 0.3) is 0 Å². The summed E-state index contributed by atoms with van der Waals surface area (Å²) in [5.74, 6) is 3.62. The Morgan fingerprint density at radius 3 is 2.76 bits per heavy atom. The minimum atomic E-state index is -0.349. The molecule has 0 fully saturated rings. The zero-order valence-corrected chi connectivity index (χ0v) is 17.4. The molecule has 8 nitrogen and oxygen atoms in total. The van der Waals surface area contributed by atoms with Gasteiger partial charge in [0.15, 0.2) is 34.4 Å². The molecule has 9 heteroatoms. The van der Waals surface area contributed by atoms with Crippen molar-refractivity contribution >= 4 is 11.8 Å². The molecule has 3 aromatic rings. The highest BCUT2D eigenvalue weighted by molar-refractivity contribution is 7.99. The van der Waals surface area contributed by atoms with Gasteiger partial charge in [-0.15, -0.1) is 16.8 Å². The maximum atomic E-state index is 6.10. The Balaban J connectivity index is 1.56. The minimum absolute atomic E-state index is 0.0696. The molecular formula is C20H23N5O3S. The molecule has 0 amide bonds. The molecule has 0 unspecified atom stereocenters. The summed E-state index contributed by atoms with van der Waals surface area (Å²) < 4.78 is 19.3. The fraction of sp³-hybridized carbons (Fsp3) is 0.400. The van der Waals surface area contributed by atoms with Crippen molar-refractivity contribution in [2.24, 2.45) is 0 Å². The van der Waals surface area contributed by atoms with Gasteiger partial charge in [-0.3, -0.25) is 4.57 Å². The highest BCUT2D eigenvalue weighted by Crippen LogP contribution is 2.38. The summed E-state index contributed by atoms with van der Waals surface area (Å²) in [6.07, 6.45) is 1.46. The van der Waals surface area contributed by atoms with Gasteiger partial charge in [0.1, 0.15) is 6.61 Å². The topological polar surface area (TPSA) is 88.1 Å². The molecule has 0 N–H and O–H groups in total. The van der Waals surface area contributed by atoms with E-state index in [1.807, 2.05) is 55.7 Å². The lowest BCUT2D eigenvalue weighted by atomic mass is 10.2. The average molecular weight is 414 g/mol. The molecule has 152 valence electrons. The lowest BCUT2D eigenvalue weighted by Crippen LogP contribution is -2.25. The quantitative estimate of drug-likeness (QED) is 0.418. The van der Waals surface area contributed by atoms with Gasteiger partial charge in [-0.1, -0.05) is 49.0 Å². The zero-order valence-electron chi connectivity index (χ0n) is 16.6. The maximum absolute atomic E-state index is 6.10. The standard InChI is InChI=1S/C20H23N5O3S/c1-5-10-25-18(16-11-26-14-8-6-7-9-15(14)27-16)22-23-20(25)29-13(4)19-21-17(12(2)3)24-28-19/h5-9,12-13,16H,1,10-11H2,2-4H3/t13-,16+/m0/s1. The highest BCUT2D eigenvalue weighted by Gasteiger charge is 2.29. The SMILES string of the molecule is C=CCn1c(S[C@@H](C)c2nc(C(C)C)no2)nnc1[C@H]1COc2ccccc2O1. The van der Waals surface area contributed by atoms with E-state index in [4.69, 9.17) is 14.0 Å². The highest BCUT2D eigenvalue weighted by atomic mass is 32.2. The first-order valence-corrected chi connectivity index (χ1v) is 10.4. The number of nitrogens with zero attached hydrogens (tertiary/aromatic N) is 5. The van der Waals surface area contributed by atoms with E-state index in [2.05, 4.69) is 26.9 Å². The van der Waals surface area contributed by atoms with Gasteiger partial charge in [0.25, 0.3) is 0 Å². The number of hydrogen-bond donors (Lipinski definition) is 0. The molecule has 0 spiro atoms. The number of allylic oxidation sites excluding steroid dienone is 1. The first-order chi connectivity index (χ1) is 14.1. The van der Waals surface area contributed by atoms with E-state index in [-0.39, 0.29) is 17.3 Å². The lowest BCUT2D eigenvalue weighted by Gasteiger charge is -2.26. The van der Waals surface area contributed by atoms with Crippen LogP contribution < -0.4 is 9.47 Å². The summed E-state index contributed by atoms with van der Waals surface area (Å²) in [5, 5.41) is 13.5. The minimum Gasteiger partial charge on any atom is -0.485 e. The smallest absolute Gasteiger partial charge is 0.239 e. The van der Waals surface area contributed by atoms with E-state index in [1.165, 1.54) is 11.8 Å². The third kappa shape index (κ3) is 4.00. The molecule has 0 saturated carbocycles. The third-order valence-electron chi connectivity index (χ3n) is 4.46. The van der Waals surface area contributed by atoms with Crippen LogP contribution in [0.4, 0.5) is 0 Å². The Bertz CT molecular complexity index is 1000. The van der Waals surface area contributed by atoms with Crippen LogP contribution >= 0.6 is 11.8 Å². The third-order valence-corrected chi connectivity index (χ3v) is 5.53. The van der Waals surface area contributed by atoms with E-state index >= 15 is 0 Å². The van der Waals surface area contributed by atoms with Gasteiger partial charge in [-0.05, 0) is 19.1 Å². The normalized spacial score (nSPS) is 16.8. The van der Waals surface area contributed by atoms with Gasteiger partial charge in [-0.2, -0.15) is 4.98 Å². The monoisotopic (exact) mass is 413 g/mol. The second-order valence-electron chi connectivity index (χ2n) is 7.01. The zero-order chi connectivity index (χ0) is 20.4. The summed E-state index contributed by atoms with van der Waals surface area (Å²) in [6, 6.07) is 7.60. The number of hydrogen-bond acceptors (Lipinski definition) is 8. The summed E-state index contributed by atoms with van der Waals surface area (Å²) in [5.41, 5.74) is 0. The molecular weight excluding hydrogens is 390 g/mol. The molecule has 2 aromatic heterocycles. The fourth-order valence-electron chi connectivity index (χ4n) is 2.93. The van der Waals surface area contributed by atoms with Crippen molar-refractivity contribution in [2.45, 2.75) is 49.7 Å². The predicted octanol–water partition coefficient (Wildman–Crippen LogP) is 4.34. The van der Waals surface area contributed by atoms with Gasteiger partial charge in [0.2, 0.25) is 5.89 Å². The molecule has 4 rings (SSSR count). The second-order valence-corrected chi connectivity index (χ2v) is 8.32. The number of benzene rings is 1. The number of rotatable bonds is 7. The van der Waals surface area contributed by atoms with E-state index in [0.717, 1.165) is 10.9 Å². The van der Waals surface area contributed by atoms with Crippen LogP contribution in [-0.2, 0) is 6.54 Å². The van der Waals surface area contributed by atoms with Crippen molar-refractivity contribution in [3.63, 3.8) is 0 Å². The first kappa shape index (κ1) is 19.5. The summed E-state index contributed by atoms with van der Waals surface area (Å²) in [6.45, 7) is 10.9. The Morgan fingerprint density at radius 1 is 1.24 bits per heavy atom. The Morgan fingerprint density at radius 2 is 2.03 bits per heavy atom. The molecule has 29 heavy (non-hydrogen) atoms. The van der Waals surface area contributed by atoms with Gasteiger partial charge in [0.05, 0.1) is 5.25 Å². The number of thioether (sulfide) groups is 1. The van der Waals surface area contributed by atoms with Crippen molar-refractivity contribution in [3.05, 3.63) is 54.5 Å². The van der Waals surface area contributed by atoms with Crippen LogP contribution in [0.1, 0.15) is 55.6 Å². The van der Waals surface area contributed by atoms with Crippen LogP contribution in [0, 0.1) is 0 Å². The fourth-order valence-corrected chi connectivity index (χ4v) is 3.82. The van der Waals surface area contributed by atoms with E-state index in [1.54, 1.807) is 0 Å². The van der Waals surface area contributed by atoms with Gasteiger partial charge < -0.3 is 14.0 Å². The number of aromatic nitrogens is 5. The number of fused-ring (bicyclic) bond motifs is 1. The molecule has 3 heterocycles. The van der Waals surface area contributed by atoms with Crippen molar-refractivity contribution in [1.29, 1.82) is 0 Å². The molecule has 1 aliphatic rings.